The van der Waals surface area contributed by atoms with E-state index in [-0.39, 0.29) is 5.91 Å². The van der Waals surface area contributed by atoms with Gasteiger partial charge in [0.05, 0.1) is 10.6 Å². The molecule has 106 valence electrons. The topological polar surface area (TPSA) is 25.2 Å². The lowest BCUT2D eigenvalue weighted by Gasteiger charge is -2.14. The highest BCUT2D eigenvalue weighted by Crippen LogP contribution is 2.36. The zero-order valence-electron chi connectivity index (χ0n) is 11.1. The van der Waals surface area contributed by atoms with Gasteiger partial charge in [0.1, 0.15) is 0 Å². The molecule has 2 heterocycles. The Morgan fingerprint density at radius 3 is 2.57 bits per heavy atom. The van der Waals surface area contributed by atoms with E-state index in [0.717, 1.165) is 11.4 Å². The standard InChI is InChI=1S/C15H11ClN2OS2/c1-17-8-2-3-12(17)9-13-14(19)18(15(20)21-13)11-6-4-10(16)5-7-11/h2-9H,1H3/b13-9+. The first-order valence-electron chi connectivity index (χ1n) is 6.21. The fourth-order valence-electron chi connectivity index (χ4n) is 2.04. The van der Waals surface area contributed by atoms with Crippen LogP contribution < -0.4 is 4.90 Å². The zero-order valence-corrected chi connectivity index (χ0v) is 13.5. The highest BCUT2D eigenvalue weighted by Gasteiger charge is 2.33. The van der Waals surface area contributed by atoms with Crippen molar-refractivity contribution in [1.29, 1.82) is 0 Å². The number of aryl methyl sites for hydroxylation is 1. The Bertz CT molecular complexity index is 749. The van der Waals surface area contributed by atoms with Crippen molar-refractivity contribution in [2.24, 2.45) is 7.05 Å². The molecule has 1 saturated heterocycles. The summed E-state index contributed by atoms with van der Waals surface area (Å²) in [5.41, 5.74) is 1.70. The number of hydrogen-bond donors (Lipinski definition) is 0. The molecule has 3 rings (SSSR count). The normalized spacial score (nSPS) is 17.0. The van der Waals surface area contributed by atoms with E-state index in [1.54, 1.807) is 24.3 Å². The van der Waals surface area contributed by atoms with Crippen molar-refractivity contribution in [1.82, 2.24) is 4.57 Å². The van der Waals surface area contributed by atoms with E-state index in [2.05, 4.69) is 0 Å². The van der Waals surface area contributed by atoms with Crippen LogP contribution in [-0.2, 0) is 11.8 Å². The quantitative estimate of drug-likeness (QED) is 0.611. The van der Waals surface area contributed by atoms with Gasteiger partial charge in [0.2, 0.25) is 0 Å². The number of hydrogen-bond acceptors (Lipinski definition) is 3. The molecule has 1 fully saturated rings. The van der Waals surface area contributed by atoms with Gasteiger partial charge in [0, 0.05) is 24.0 Å². The van der Waals surface area contributed by atoms with Crippen LogP contribution in [0.4, 0.5) is 5.69 Å². The van der Waals surface area contributed by atoms with Crippen molar-refractivity contribution in [2.45, 2.75) is 0 Å². The second-order valence-corrected chi connectivity index (χ2v) is 6.65. The Balaban J connectivity index is 1.94. The number of aromatic nitrogens is 1. The average Bonchev–Trinajstić information content (AvgIpc) is 2.97. The molecule has 0 saturated carbocycles. The average molecular weight is 335 g/mol. The molecule has 1 aromatic carbocycles. The van der Waals surface area contributed by atoms with E-state index in [1.165, 1.54) is 16.7 Å². The molecule has 0 unspecified atom stereocenters. The van der Waals surface area contributed by atoms with Crippen LogP contribution in [0.15, 0.2) is 47.5 Å². The molecule has 1 aromatic heterocycles. The van der Waals surface area contributed by atoms with Crippen LogP contribution in [0.2, 0.25) is 5.02 Å². The van der Waals surface area contributed by atoms with Crippen LogP contribution in [0.5, 0.6) is 0 Å². The fourth-order valence-corrected chi connectivity index (χ4v) is 3.45. The van der Waals surface area contributed by atoms with E-state index in [4.69, 9.17) is 23.8 Å². The molecular weight excluding hydrogens is 324 g/mol. The summed E-state index contributed by atoms with van der Waals surface area (Å²) in [5.74, 6) is -0.103. The smallest absolute Gasteiger partial charge is 0.270 e. The van der Waals surface area contributed by atoms with Crippen LogP contribution >= 0.6 is 35.6 Å². The molecular formula is C15H11ClN2OS2. The highest BCUT2D eigenvalue weighted by atomic mass is 35.5. The maximum absolute atomic E-state index is 12.5. The summed E-state index contributed by atoms with van der Waals surface area (Å²) in [4.78, 5) is 14.7. The summed E-state index contributed by atoms with van der Waals surface area (Å²) < 4.78 is 2.48. The number of anilines is 1. The third-order valence-electron chi connectivity index (χ3n) is 3.14. The van der Waals surface area contributed by atoms with Gasteiger partial charge in [0.25, 0.3) is 5.91 Å². The summed E-state index contributed by atoms with van der Waals surface area (Å²) in [6, 6.07) is 11.0. The van der Waals surface area contributed by atoms with Gasteiger partial charge < -0.3 is 4.57 Å². The number of carbonyl (C=O) groups is 1. The summed E-state index contributed by atoms with van der Waals surface area (Å²) in [7, 11) is 1.94. The lowest BCUT2D eigenvalue weighted by molar-refractivity contribution is -0.113. The second kappa shape index (κ2) is 5.67. The Morgan fingerprint density at radius 1 is 1.24 bits per heavy atom. The lowest BCUT2D eigenvalue weighted by atomic mass is 10.3. The lowest BCUT2D eigenvalue weighted by Crippen LogP contribution is -2.27. The molecule has 0 radical (unpaired) electrons. The number of thioether (sulfide) groups is 1. The van der Waals surface area contributed by atoms with Crippen LogP contribution in [0.25, 0.3) is 6.08 Å². The monoisotopic (exact) mass is 334 g/mol. The molecule has 2 aromatic rings. The molecule has 1 aliphatic heterocycles. The van der Waals surface area contributed by atoms with Gasteiger partial charge in [0.15, 0.2) is 4.32 Å². The van der Waals surface area contributed by atoms with Gasteiger partial charge >= 0.3 is 0 Å². The highest BCUT2D eigenvalue weighted by molar-refractivity contribution is 8.27. The molecule has 0 spiro atoms. The van der Waals surface area contributed by atoms with Gasteiger partial charge in [-0.05, 0) is 42.5 Å². The van der Waals surface area contributed by atoms with Crippen molar-refractivity contribution < 1.29 is 4.79 Å². The number of thiocarbonyl (C=S) groups is 1. The Kier molecular flexibility index (Phi) is 3.89. The van der Waals surface area contributed by atoms with Gasteiger partial charge in [-0.3, -0.25) is 9.69 Å². The summed E-state index contributed by atoms with van der Waals surface area (Å²) >= 11 is 12.5. The van der Waals surface area contributed by atoms with Crippen LogP contribution in [-0.4, -0.2) is 14.8 Å². The minimum atomic E-state index is -0.103. The first kappa shape index (κ1) is 14.4. The largest absolute Gasteiger partial charge is 0.351 e. The predicted molar refractivity (Wildman–Crippen MR) is 92.5 cm³/mol. The van der Waals surface area contributed by atoms with Crippen molar-refractivity contribution in [3.05, 3.63) is 58.2 Å². The van der Waals surface area contributed by atoms with Crippen molar-refractivity contribution in [3.8, 4) is 0 Å². The van der Waals surface area contributed by atoms with Gasteiger partial charge in [-0.1, -0.05) is 35.6 Å². The number of carbonyl (C=O) groups excluding carboxylic acids is 1. The first-order chi connectivity index (χ1) is 10.1. The van der Waals surface area contributed by atoms with Crippen LogP contribution in [0.1, 0.15) is 5.69 Å². The van der Waals surface area contributed by atoms with Crippen molar-refractivity contribution >= 4 is 57.6 Å². The van der Waals surface area contributed by atoms with Crippen molar-refractivity contribution in [3.63, 3.8) is 0 Å². The summed E-state index contributed by atoms with van der Waals surface area (Å²) in [6.07, 6.45) is 3.79. The third-order valence-corrected chi connectivity index (χ3v) is 4.70. The SMILES string of the molecule is Cn1cccc1/C=C1/SC(=S)N(c2ccc(Cl)cc2)C1=O. The number of rotatable bonds is 2. The molecule has 0 N–H and O–H groups in total. The Labute approximate surface area is 137 Å². The zero-order chi connectivity index (χ0) is 15.0. The van der Waals surface area contributed by atoms with Gasteiger partial charge in [-0.15, -0.1) is 0 Å². The summed E-state index contributed by atoms with van der Waals surface area (Å²) in [5, 5.41) is 0.628. The van der Waals surface area contributed by atoms with Gasteiger partial charge in [-0.2, -0.15) is 0 Å². The maximum Gasteiger partial charge on any atom is 0.270 e. The predicted octanol–water partition coefficient (Wildman–Crippen LogP) is 4.08. The van der Waals surface area contributed by atoms with E-state index in [1.807, 2.05) is 36.0 Å². The Morgan fingerprint density at radius 2 is 1.95 bits per heavy atom. The molecule has 6 heteroatoms. The number of amides is 1. The van der Waals surface area contributed by atoms with E-state index in [0.29, 0.717) is 14.2 Å². The molecule has 21 heavy (non-hydrogen) atoms. The fraction of sp³-hybridized carbons (Fsp3) is 0.0667. The van der Waals surface area contributed by atoms with Crippen LogP contribution in [0, 0.1) is 0 Å². The van der Waals surface area contributed by atoms with Gasteiger partial charge in [-0.25, -0.2) is 0 Å². The Hall–Kier alpha value is -1.56. The summed E-state index contributed by atoms with van der Waals surface area (Å²) in [6.45, 7) is 0. The molecule has 0 atom stereocenters. The minimum Gasteiger partial charge on any atom is -0.351 e. The van der Waals surface area contributed by atoms with Crippen molar-refractivity contribution in [2.75, 3.05) is 4.90 Å². The molecule has 1 aliphatic rings. The first-order valence-corrected chi connectivity index (χ1v) is 7.81. The number of halogens is 1. The van der Waals surface area contributed by atoms with Crippen LogP contribution in [0.3, 0.4) is 0 Å². The molecule has 1 amide bonds. The third kappa shape index (κ3) is 2.77. The number of benzene rings is 1. The number of nitrogens with zero attached hydrogens (tertiary/aromatic N) is 2. The maximum atomic E-state index is 12.5. The van der Waals surface area contributed by atoms with E-state index >= 15 is 0 Å². The minimum absolute atomic E-state index is 0.103. The molecule has 0 aliphatic carbocycles. The molecule has 3 nitrogen and oxygen atoms in total. The molecule has 0 bridgehead atoms. The second-order valence-electron chi connectivity index (χ2n) is 4.54. The van der Waals surface area contributed by atoms with E-state index < -0.39 is 0 Å². The van der Waals surface area contributed by atoms with E-state index in [9.17, 15) is 4.79 Å².